The molecule has 0 amide bonds. The van der Waals surface area contributed by atoms with Crippen LogP contribution in [0, 0.1) is 0 Å². The Morgan fingerprint density at radius 2 is 1.32 bits per heavy atom. The van der Waals surface area contributed by atoms with Crippen LogP contribution in [-0.2, 0) is 14.3 Å². The van der Waals surface area contributed by atoms with Crippen LogP contribution in [0.25, 0.3) is 0 Å². The molecule has 0 aromatic heterocycles. The molecule has 41 heavy (non-hydrogen) atoms. The highest BCUT2D eigenvalue weighted by atomic mass is 32.2. The van der Waals surface area contributed by atoms with Gasteiger partial charge in [0.05, 0.1) is 6.10 Å². The van der Waals surface area contributed by atoms with Crippen molar-refractivity contribution in [2.45, 2.75) is 186 Å². The Morgan fingerprint density at radius 1 is 0.756 bits per heavy atom. The van der Waals surface area contributed by atoms with Crippen molar-refractivity contribution < 1.29 is 19.5 Å². The average molecular weight is 616 g/mol. The Morgan fingerprint density at radius 3 is 1.93 bits per heavy atom. The fraction of sp³-hybridized carbons (Fsp3) is 0.971. The van der Waals surface area contributed by atoms with Gasteiger partial charge in [0.15, 0.2) is 5.12 Å². The van der Waals surface area contributed by atoms with Gasteiger partial charge >= 0.3 is 0 Å². The van der Waals surface area contributed by atoms with E-state index in [9.17, 15) is 10.0 Å². The zero-order chi connectivity index (χ0) is 29.6. The molecule has 1 aliphatic rings. The number of hydroxylamine groups is 1. The van der Waals surface area contributed by atoms with Crippen molar-refractivity contribution in [1.29, 1.82) is 0 Å². The van der Waals surface area contributed by atoms with Crippen molar-refractivity contribution in [3.05, 3.63) is 0 Å². The van der Waals surface area contributed by atoms with Crippen LogP contribution in [0.15, 0.2) is 0 Å². The number of rotatable bonds is 28. The van der Waals surface area contributed by atoms with E-state index in [1.807, 2.05) is 0 Å². The van der Waals surface area contributed by atoms with Crippen LogP contribution in [0.4, 0.5) is 0 Å². The van der Waals surface area contributed by atoms with Gasteiger partial charge in [0.2, 0.25) is 0 Å². The number of unbranched alkanes of at least 4 members (excludes halogenated alkanes) is 17. The molecule has 1 rings (SSSR count). The summed E-state index contributed by atoms with van der Waals surface area (Å²) in [5, 5.41) is 10.8. The van der Waals surface area contributed by atoms with Crippen molar-refractivity contribution >= 4 is 26.6 Å². The molecule has 1 fully saturated rings. The Balaban J connectivity index is 2.00. The van der Waals surface area contributed by atoms with Gasteiger partial charge in [-0.2, -0.15) is 0 Å². The standard InChI is InChI=1S/C34H69NO4SSi/c1-3-5-7-9-11-13-15-17-19-21-29-38-31-39-32-25-26-33(41-35(37)28-27-32)23-22-30-40-34(36)24-20-18-16-14-12-10-8-6-4-2/h32-33,37H,3-31,41H2,1-2H3. The summed E-state index contributed by atoms with van der Waals surface area (Å²) in [5.74, 6) is 0.930. The lowest BCUT2D eigenvalue weighted by atomic mass is 10.1. The van der Waals surface area contributed by atoms with Crippen LogP contribution in [0.3, 0.4) is 0 Å². The molecular formula is C34H69NO4SSi. The molecule has 1 heterocycles. The molecule has 1 N–H and O–H groups in total. The first-order chi connectivity index (χ1) is 20.2. The number of carbonyl (C=O) groups is 1. The SMILES string of the molecule is CCCCCCCCCCCCOCOC1CCC(CCCSC(=O)CCCCCCCCCCC)[SiH2]N(O)CC1. The fourth-order valence-corrected chi connectivity index (χ4v) is 8.52. The highest BCUT2D eigenvalue weighted by molar-refractivity contribution is 8.13. The van der Waals surface area contributed by atoms with Crippen molar-refractivity contribution in [3.8, 4) is 0 Å². The number of hydrogen-bond donors (Lipinski definition) is 1. The molecule has 5 nitrogen and oxygen atoms in total. The second-order valence-electron chi connectivity index (χ2n) is 12.6. The van der Waals surface area contributed by atoms with Gasteiger partial charge in [0, 0.05) is 25.3 Å². The highest BCUT2D eigenvalue weighted by Gasteiger charge is 2.22. The molecule has 0 aromatic rings. The first kappa shape index (κ1) is 39.1. The second kappa shape index (κ2) is 30.1. The van der Waals surface area contributed by atoms with Crippen LogP contribution in [0.1, 0.15) is 174 Å². The lowest BCUT2D eigenvalue weighted by Gasteiger charge is -2.29. The van der Waals surface area contributed by atoms with Gasteiger partial charge in [-0.15, -0.1) is 0 Å². The molecule has 2 unspecified atom stereocenters. The number of nitrogens with zero attached hydrogens (tertiary/aromatic N) is 1. The van der Waals surface area contributed by atoms with Gasteiger partial charge in [-0.05, 0) is 44.1 Å². The fourth-order valence-electron chi connectivity index (χ4n) is 5.85. The lowest BCUT2D eigenvalue weighted by molar-refractivity contribution is -0.111. The largest absolute Gasteiger partial charge is 0.355 e. The summed E-state index contributed by atoms with van der Waals surface area (Å²) in [7, 11) is -0.647. The number of ether oxygens (including phenoxy) is 2. The summed E-state index contributed by atoms with van der Waals surface area (Å²) in [6.07, 6.45) is 31.3. The second-order valence-corrected chi connectivity index (χ2v) is 16.0. The summed E-state index contributed by atoms with van der Waals surface area (Å²) in [5.41, 5.74) is 0.604. The van der Waals surface area contributed by atoms with E-state index in [1.165, 1.54) is 121 Å². The lowest BCUT2D eigenvalue weighted by Crippen LogP contribution is -2.34. The van der Waals surface area contributed by atoms with Gasteiger partial charge in [-0.25, -0.2) is 4.73 Å². The maximum Gasteiger partial charge on any atom is 0.188 e. The molecule has 244 valence electrons. The minimum absolute atomic E-state index is 0.182. The molecule has 0 aliphatic carbocycles. The summed E-state index contributed by atoms with van der Waals surface area (Å²) in [6, 6.07) is 0. The third kappa shape index (κ3) is 26.2. The van der Waals surface area contributed by atoms with Crippen LogP contribution >= 0.6 is 11.8 Å². The number of hydrogen-bond acceptors (Lipinski definition) is 6. The predicted octanol–water partition coefficient (Wildman–Crippen LogP) is 9.97. The Bertz CT molecular complexity index is 571. The van der Waals surface area contributed by atoms with E-state index in [2.05, 4.69) is 13.8 Å². The van der Waals surface area contributed by atoms with Gasteiger partial charge < -0.3 is 14.7 Å². The molecule has 0 spiro atoms. The summed E-state index contributed by atoms with van der Waals surface area (Å²) in [6.45, 7) is 6.43. The minimum Gasteiger partial charge on any atom is -0.355 e. The summed E-state index contributed by atoms with van der Waals surface area (Å²) < 4.78 is 13.4. The molecule has 0 bridgehead atoms. The normalized spacial score (nSPS) is 19.0. The zero-order valence-electron chi connectivity index (χ0n) is 27.4. The Hall–Kier alpha value is 0.0769. The van der Waals surface area contributed by atoms with Crippen molar-refractivity contribution in [2.75, 3.05) is 25.7 Å². The highest BCUT2D eigenvalue weighted by Crippen LogP contribution is 2.26. The van der Waals surface area contributed by atoms with Crippen molar-refractivity contribution in [3.63, 3.8) is 0 Å². The van der Waals surface area contributed by atoms with E-state index in [4.69, 9.17) is 9.47 Å². The summed E-state index contributed by atoms with van der Waals surface area (Å²) >= 11 is 1.54. The van der Waals surface area contributed by atoms with Crippen molar-refractivity contribution in [2.24, 2.45) is 0 Å². The molecule has 0 radical (unpaired) electrons. The average Bonchev–Trinajstić information content (AvgIpc) is 2.96. The van der Waals surface area contributed by atoms with Crippen LogP contribution < -0.4 is 0 Å². The van der Waals surface area contributed by atoms with Crippen molar-refractivity contribution in [1.82, 2.24) is 4.73 Å². The smallest absolute Gasteiger partial charge is 0.188 e. The van der Waals surface area contributed by atoms with E-state index in [0.717, 1.165) is 70.3 Å². The Kier molecular flexibility index (Phi) is 28.7. The minimum atomic E-state index is -0.647. The topological polar surface area (TPSA) is 59.0 Å². The third-order valence-corrected chi connectivity index (χ3v) is 11.7. The molecule has 0 aromatic carbocycles. The van der Waals surface area contributed by atoms with Crippen LogP contribution in [-0.4, -0.2) is 56.5 Å². The van der Waals surface area contributed by atoms with E-state index in [1.54, 1.807) is 4.73 Å². The van der Waals surface area contributed by atoms with Gasteiger partial charge in [0.25, 0.3) is 0 Å². The molecule has 0 saturated carbocycles. The first-order valence-corrected chi connectivity index (χ1v) is 20.4. The molecular weight excluding hydrogens is 547 g/mol. The monoisotopic (exact) mass is 615 g/mol. The molecule has 1 saturated heterocycles. The van der Waals surface area contributed by atoms with Gasteiger partial charge in [-0.3, -0.25) is 4.79 Å². The summed E-state index contributed by atoms with van der Waals surface area (Å²) in [4.78, 5) is 12.3. The maximum atomic E-state index is 12.3. The van der Waals surface area contributed by atoms with E-state index in [-0.39, 0.29) is 6.10 Å². The molecule has 2 atom stereocenters. The zero-order valence-corrected chi connectivity index (χ0v) is 29.6. The van der Waals surface area contributed by atoms with Crippen LogP contribution in [0.5, 0.6) is 0 Å². The Labute approximate surface area is 261 Å². The number of carbonyl (C=O) groups excluding carboxylic acids is 1. The number of thioether (sulfide) groups is 1. The van der Waals surface area contributed by atoms with E-state index < -0.39 is 9.68 Å². The quantitative estimate of drug-likeness (QED) is 0.0537. The van der Waals surface area contributed by atoms with Crippen LogP contribution in [0.2, 0.25) is 5.54 Å². The van der Waals surface area contributed by atoms with E-state index in [0.29, 0.717) is 17.4 Å². The predicted molar refractivity (Wildman–Crippen MR) is 181 cm³/mol. The maximum absolute atomic E-state index is 12.3. The van der Waals surface area contributed by atoms with Gasteiger partial charge in [0.1, 0.15) is 16.5 Å². The van der Waals surface area contributed by atoms with E-state index >= 15 is 0 Å². The first-order valence-electron chi connectivity index (χ1n) is 17.9. The van der Waals surface area contributed by atoms with Gasteiger partial charge in [-0.1, -0.05) is 141 Å². The third-order valence-electron chi connectivity index (χ3n) is 8.61. The molecule has 1 aliphatic heterocycles. The molecule has 7 heteroatoms.